The molecule has 0 unspecified atom stereocenters. The first-order valence-electron chi connectivity index (χ1n) is 10.6. The molecule has 5 aromatic rings. The number of fused-ring (bicyclic) bond motifs is 1. The van der Waals surface area contributed by atoms with E-state index in [9.17, 15) is 17.9 Å². The molecule has 0 radical (unpaired) electrons. The van der Waals surface area contributed by atoms with Gasteiger partial charge in [-0.05, 0) is 12.1 Å². The Morgan fingerprint density at radius 1 is 1.11 bits per heavy atom. The van der Waals surface area contributed by atoms with E-state index < -0.39 is 38.1 Å². The van der Waals surface area contributed by atoms with E-state index >= 15 is 8.78 Å². The van der Waals surface area contributed by atoms with Crippen LogP contribution in [0.1, 0.15) is 5.69 Å². The highest BCUT2D eigenvalue weighted by Crippen LogP contribution is 2.35. The minimum Gasteiger partial charge on any atom is -0.480 e. The Kier molecular flexibility index (Phi) is 6.05. The Morgan fingerprint density at radius 3 is 2.62 bits per heavy atom. The highest BCUT2D eigenvalue weighted by atomic mass is 32.2. The molecular weight excluding hydrogens is 513 g/mol. The van der Waals surface area contributed by atoms with Gasteiger partial charge in [-0.15, -0.1) is 0 Å². The first-order chi connectivity index (χ1) is 17.7. The Bertz CT molecular complexity index is 1750. The van der Waals surface area contributed by atoms with E-state index in [1.165, 1.54) is 30.5 Å². The van der Waals surface area contributed by atoms with Crippen molar-refractivity contribution in [3.05, 3.63) is 71.9 Å². The zero-order valence-corrected chi connectivity index (χ0v) is 19.7. The fraction of sp³-hybridized carbons (Fsp3) is 0.0870. The van der Waals surface area contributed by atoms with Crippen LogP contribution in [0.2, 0.25) is 0 Å². The van der Waals surface area contributed by atoms with Gasteiger partial charge < -0.3 is 14.8 Å². The minimum atomic E-state index is -4.53. The highest BCUT2D eigenvalue weighted by molar-refractivity contribution is 7.92. The molecule has 0 fully saturated rings. The number of H-pyrrole nitrogens is 2. The number of sulfonamides is 1. The lowest BCUT2D eigenvalue weighted by atomic mass is 10.0. The summed E-state index contributed by atoms with van der Waals surface area (Å²) in [5.41, 5.74) is -0.269. The predicted octanol–water partition coefficient (Wildman–Crippen LogP) is 3.73. The average Bonchev–Trinajstić information content (AvgIpc) is 3.53. The number of benzene rings is 2. The maximum absolute atomic E-state index is 15.5. The first kappa shape index (κ1) is 24.3. The second-order valence-corrected chi connectivity index (χ2v) is 9.40. The fourth-order valence-electron chi connectivity index (χ4n) is 3.78. The van der Waals surface area contributed by atoms with Crippen LogP contribution in [0.15, 0.2) is 53.7 Å². The molecule has 0 aliphatic rings. The molecule has 5 rings (SSSR count). The van der Waals surface area contributed by atoms with Gasteiger partial charge in [-0.3, -0.25) is 9.82 Å². The van der Waals surface area contributed by atoms with Crippen LogP contribution >= 0.6 is 0 Å². The fourth-order valence-corrected chi connectivity index (χ4v) is 4.97. The molecule has 0 aliphatic heterocycles. The maximum atomic E-state index is 15.5. The molecule has 4 N–H and O–H groups in total. The molecule has 0 atom stereocenters. The number of aliphatic hydroxyl groups is 1. The third-order valence-corrected chi connectivity index (χ3v) is 6.85. The van der Waals surface area contributed by atoms with E-state index in [1.807, 2.05) is 4.72 Å². The van der Waals surface area contributed by atoms with Gasteiger partial charge in [0.2, 0.25) is 5.88 Å². The molecular formula is C23H17F3N6O4S. The summed E-state index contributed by atoms with van der Waals surface area (Å²) in [5, 5.41) is 16.2. The summed E-state index contributed by atoms with van der Waals surface area (Å²) in [6.07, 6.45) is 2.26. The van der Waals surface area contributed by atoms with Gasteiger partial charge in [-0.1, -0.05) is 18.2 Å². The van der Waals surface area contributed by atoms with E-state index in [4.69, 9.17) is 4.74 Å². The SMILES string of the molecule is COc1ncc(F)cc1S(=O)(=O)Nc1cccc(-c2ccc3c(-c4nc(CO)c[nH]4)n[nH]c3c2F)c1F. The van der Waals surface area contributed by atoms with Crippen molar-refractivity contribution in [3.63, 3.8) is 0 Å². The molecule has 190 valence electrons. The maximum Gasteiger partial charge on any atom is 0.267 e. The van der Waals surface area contributed by atoms with Gasteiger partial charge in [0.05, 0.1) is 31.3 Å². The molecule has 0 aliphatic carbocycles. The van der Waals surface area contributed by atoms with Crippen LogP contribution in [-0.2, 0) is 16.6 Å². The number of imidazole rings is 1. The van der Waals surface area contributed by atoms with E-state index in [0.717, 1.165) is 19.4 Å². The highest BCUT2D eigenvalue weighted by Gasteiger charge is 2.25. The van der Waals surface area contributed by atoms with Gasteiger partial charge in [0.1, 0.15) is 17.0 Å². The number of ether oxygens (including phenoxy) is 1. The summed E-state index contributed by atoms with van der Waals surface area (Å²) in [7, 11) is -3.38. The lowest BCUT2D eigenvalue weighted by Crippen LogP contribution is -2.16. The van der Waals surface area contributed by atoms with Crippen LogP contribution in [0, 0.1) is 17.5 Å². The first-order valence-corrected chi connectivity index (χ1v) is 12.0. The van der Waals surface area contributed by atoms with Crippen molar-refractivity contribution in [2.45, 2.75) is 11.5 Å². The third-order valence-electron chi connectivity index (χ3n) is 5.49. The van der Waals surface area contributed by atoms with Crippen molar-refractivity contribution in [1.29, 1.82) is 0 Å². The molecule has 14 heteroatoms. The number of aromatic amines is 2. The molecule has 2 aromatic carbocycles. The predicted molar refractivity (Wildman–Crippen MR) is 127 cm³/mol. The summed E-state index contributed by atoms with van der Waals surface area (Å²) in [5.74, 6) is -2.93. The number of aliphatic hydroxyl groups excluding tert-OH is 1. The third kappa shape index (κ3) is 4.25. The number of nitrogens with zero attached hydrogens (tertiary/aromatic N) is 3. The van der Waals surface area contributed by atoms with Gasteiger partial charge in [0.25, 0.3) is 10.0 Å². The second-order valence-electron chi connectivity index (χ2n) is 7.75. The Labute approximate surface area is 207 Å². The lowest BCUT2D eigenvalue weighted by molar-refractivity contribution is 0.277. The van der Waals surface area contributed by atoms with Crippen LogP contribution in [0.3, 0.4) is 0 Å². The summed E-state index contributed by atoms with van der Waals surface area (Å²) in [4.78, 5) is 9.94. The lowest BCUT2D eigenvalue weighted by Gasteiger charge is -2.13. The second kappa shape index (κ2) is 9.22. The zero-order chi connectivity index (χ0) is 26.3. The number of aromatic nitrogens is 5. The van der Waals surface area contributed by atoms with Crippen LogP contribution in [-0.4, -0.2) is 45.8 Å². The van der Waals surface area contributed by atoms with Crippen molar-refractivity contribution in [2.24, 2.45) is 0 Å². The van der Waals surface area contributed by atoms with Crippen LogP contribution in [0.25, 0.3) is 33.5 Å². The molecule has 10 nitrogen and oxygen atoms in total. The van der Waals surface area contributed by atoms with Gasteiger partial charge in [-0.25, -0.2) is 31.6 Å². The number of hydrogen-bond acceptors (Lipinski definition) is 7. The van der Waals surface area contributed by atoms with E-state index in [-0.39, 0.29) is 29.1 Å². The quantitative estimate of drug-likeness (QED) is 0.251. The molecule has 37 heavy (non-hydrogen) atoms. The van der Waals surface area contributed by atoms with E-state index in [0.29, 0.717) is 28.7 Å². The summed E-state index contributed by atoms with van der Waals surface area (Å²) in [6.45, 7) is -0.292. The monoisotopic (exact) mass is 530 g/mol. The average molecular weight is 530 g/mol. The molecule has 3 aromatic heterocycles. The minimum absolute atomic E-state index is 0.0320. The van der Waals surface area contributed by atoms with Crippen molar-refractivity contribution >= 4 is 26.6 Å². The standard InChI is InChI=1S/C23H17F3N6O4S/c1-36-23-17(7-11(24)8-28-23)37(34,35)32-16-4-2-3-13(18(16)25)14-5-6-15-20(19(14)26)30-31-21(15)22-27-9-12(10-33)29-22/h2-9,32-33H,10H2,1H3,(H,27,29)(H,30,31). The molecule has 0 amide bonds. The Hall–Kier alpha value is -4.43. The van der Waals surface area contributed by atoms with Crippen molar-refractivity contribution in [3.8, 4) is 28.5 Å². The van der Waals surface area contributed by atoms with Crippen LogP contribution in [0.4, 0.5) is 18.9 Å². The van der Waals surface area contributed by atoms with E-state index in [1.54, 1.807) is 0 Å². The van der Waals surface area contributed by atoms with Crippen molar-refractivity contribution in [1.82, 2.24) is 25.1 Å². The van der Waals surface area contributed by atoms with Crippen LogP contribution < -0.4 is 9.46 Å². The number of halogens is 3. The topological polar surface area (TPSA) is 146 Å². The molecule has 0 spiro atoms. The molecule has 0 saturated carbocycles. The largest absolute Gasteiger partial charge is 0.480 e. The van der Waals surface area contributed by atoms with Gasteiger partial charge in [0, 0.05) is 28.8 Å². The number of anilines is 1. The summed E-state index contributed by atoms with van der Waals surface area (Å²) < 4.78 is 77.3. The van der Waals surface area contributed by atoms with Crippen molar-refractivity contribution in [2.75, 3.05) is 11.8 Å². The molecule has 3 heterocycles. The van der Waals surface area contributed by atoms with Crippen LogP contribution in [0.5, 0.6) is 5.88 Å². The summed E-state index contributed by atoms with van der Waals surface area (Å²) >= 11 is 0. The Balaban J connectivity index is 1.54. The van der Waals surface area contributed by atoms with Gasteiger partial charge >= 0.3 is 0 Å². The van der Waals surface area contributed by atoms with Crippen molar-refractivity contribution < 1.29 is 31.4 Å². The normalized spacial score (nSPS) is 11.7. The Morgan fingerprint density at radius 2 is 1.89 bits per heavy atom. The smallest absolute Gasteiger partial charge is 0.267 e. The number of nitrogens with one attached hydrogen (secondary N) is 3. The zero-order valence-electron chi connectivity index (χ0n) is 18.9. The van der Waals surface area contributed by atoms with Gasteiger partial charge in [0.15, 0.2) is 22.4 Å². The summed E-state index contributed by atoms with van der Waals surface area (Å²) in [6, 6.07) is 7.26. The number of hydrogen-bond donors (Lipinski definition) is 4. The number of methoxy groups -OCH3 is 1. The molecule has 0 bridgehead atoms. The number of rotatable bonds is 7. The van der Waals surface area contributed by atoms with Gasteiger partial charge in [-0.2, -0.15) is 5.10 Å². The number of pyridine rings is 1. The molecule has 0 saturated heterocycles. The van der Waals surface area contributed by atoms with E-state index in [2.05, 4.69) is 25.1 Å².